The quantitative estimate of drug-likeness (QED) is 0.676. The van der Waals surface area contributed by atoms with Gasteiger partial charge in [0.25, 0.3) is 0 Å². The van der Waals surface area contributed by atoms with Crippen molar-refractivity contribution >= 4 is 29.1 Å². The minimum atomic E-state index is -0.0478. The Balaban J connectivity index is 1.60. The van der Waals surface area contributed by atoms with Gasteiger partial charge in [0.15, 0.2) is 0 Å². The van der Waals surface area contributed by atoms with Crippen molar-refractivity contribution in [2.45, 2.75) is 51.6 Å². The van der Waals surface area contributed by atoms with Crippen LogP contribution in [0.3, 0.4) is 0 Å². The third-order valence-electron chi connectivity index (χ3n) is 5.36. The number of carbonyl (C=O) groups excluding carboxylic acids is 1. The summed E-state index contributed by atoms with van der Waals surface area (Å²) in [5, 5.41) is 4.12. The first kappa shape index (κ1) is 20.4. The standard InChI is InChI=1S/C19H28N4O2S2/c1-12-18(21-13(2)27-12)16-10-26-19(22-16)17(20)14-4-6-15(7-5-14)23(11-24)8-9-25-3/h10-11,14-15,17H,4-9,20H2,1-3H3. The summed E-state index contributed by atoms with van der Waals surface area (Å²) in [6.07, 6.45) is 4.97. The fraction of sp³-hybridized carbons (Fsp3) is 0.632. The first-order valence-corrected chi connectivity index (χ1v) is 11.1. The molecule has 148 valence electrons. The van der Waals surface area contributed by atoms with Crippen molar-refractivity contribution in [1.82, 2.24) is 14.9 Å². The van der Waals surface area contributed by atoms with Crippen molar-refractivity contribution in [1.29, 1.82) is 0 Å². The molecule has 1 fully saturated rings. The highest BCUT2D eigenvalue weighted by Crippen LogP contribution is 2.37. The Kier molecular flexibility index (Phi) is 6.97. The van der Waals surface area contributed by atoms with E-state index in [0.29, 0.717) is 25.1 Å². The highest BCUT2D eigenvalue weighted by Gasteiger charge is 2.30. The summed E-state index contributed by atoms with van der Waals surface area (Å²) in [6.45, 7) is 5.34. The number of carbonyl (C=O) groups is 1. The second kappa shape index (κ2) is 9.23. The second-order valence-electron chi connectivity index (χ2n) is 7.14. The van der Waals surface area contributed by atoms with E-state index < -0.39 is 0 Å². The van der Waals surface area contributed by atoms with Crippen molar-refractivity contribution in [3.63, 3.8) is 0 Å². The van der Waals surface area contributed by atoms with Crippen LogP contribution in [0.25, 0.3) is 11.4 Å². The Morgan fingerprint density at radius 3 is 2.67 bits per heavy atom. The minimum absolute atomic E-state index is 0.0478. The molecule has 6 nitrogen and oxygen atoms in total. The van der Waals surface area contributed by atoms with Crippen LogP contribution < -0.4 is 5.73 Å². The molecule has 2 aromatic heterocycles. The number of aryl methyl sites for hydroxylation is 2. The van der Waals surface area contributed by atoms with Gasteiger partial charge in [-0.05, 0) is 45.4 Å². The predicted octanol–water partition coefficient (Wildman–Crippen LogP) is 3.55. The second-order valence-corrected chi connectivity index (χ2v) is 9.44. The predicted molar refractivity (Wildman–Crippen MR) is 110 cm³/mol. The zero-order chi connectivity index (χ0) is 19.4. The van der Waals surface area contributed by atoms with Crippen LogP contribution in [-0.4, -0.2) is 47.6 Å². The van der Waals surface area contributed by atoms with Crippen LogP contribution in [-0.2, 0) is 9.53 Å². The zero-order valence-corrected chi connectivity index (χ0v) is 17.8. The maximum absolute atomic E-state index is 11.3. The molecule has 2 N–H and O–H groups in total. The van der Waals surface area contributed by atoms with Crippen molar-refractivity contribution in [2.75, 3.05) is 20.3 Å². The fourth-order valence-electron chi connectivity index (χ4n) is 3.83. The average molecular weight is 409 g/mol. The van der Waals surface area contributed by atoms with E-state index in [9.17, 15) is 4.79 Å². The van der Waals surface area contributed by atoms with Crippen LogP contribution in [0.5, 0.6) is 0 Å². The summed E-state index contributed by atoms with van der Waals surface area (Å²) in [7, 11) is 1.66. The largest absolute Gasteiger partial charge is 0.383 e. The van der Waals surface area contributed by atoms with Gasteiger partial charge in [-0.25, -0.2) is 9.97 Å². The maximum Gasteiger partial charge on any atom is 0.210 e. The molecule has 1 aliphatic rings. The third-order valence-corrected chi connectivity index (χ3v) is 7.19. The summed E-state index contributed by atoms with van der Waals surface area (Å²) in [5.74, 6) is 0.412. The first-order chi connectivity index (χ1) is 13.0. The van der Waals surface area contributed by atoms with Gasteiger partial charge in [-0.2, -0.15) is 0 Å². The smallest absolute Gasteiger partial charge is 0.210 e. The summed E-state index contributed by atoms with van der Waals surface area (Å²) in [4.78, 5) is 23.8. The highest BCUT2D eigenvalue weighted by atomic mass is 32.1. The summed E-state index contributed by atoms with van der Waals surface area (Å²) >= 11 is 3.33. The van der Waals surface area contributed by atoms with Crippen molar-refractivity contribution in [2.24, 2.45) is 11.7 Å². The van der Waals surface area contributed by atoms with Gasteiger partial charge in [0.2, 0.25) is 6.41 Å². The van der Waals surface area contributed by atoms with E-state index >= 15 is 0 Å². The molecule has 0 saturated heterocycles. The minimum Gasteiger partial charge on any atom is -0.383 e. The molecule has 0 aromatic carbocycles. The number of ether oxygens (including phenoxy) is 1. The average Bonchev–Trinajstić information content (AvgIpc) is 3.28. The lowest BCUT2D eigenvalue weighted by molar-refractivity contribution is -0.121. The molecule has 1 saturated carbocycles. The van der Waals surface area contributed by atoms with Crippen LogP contribution in [0.15, 0.2) is 5.38 Å². The first-order valence-electron chi connectivity index (χ1n) is 9.38. The topological polar surface area (TPSA) is 81.3 Å². The SMILES string of the molecule is COCCN(C=O)C1CCC(C(N)c2nc(-c3nc(C)sc3C)cs2)CC1. The number of nitrogens with two attached hydrogens (primary N) is 1. The van der Waals surface area contributed by atoms with Gasteiger partial charge in [-0.1, -0.05) is 0 Å². The molecule has 27 heavy (non-hydrogen) atoms. The number of thiazole rings is 2. The van der Waals surface area contributed by atoms with Gasteiger partial charge in [0, 0.05) is 30.0 Å². The van der Waals surface area contributed by atoms with Gasteiger partial charge >= 0.3 is 0 Å². The Hall–Kier alpha value is -1.35. The van der Waals surface area contributed by atoms with Gasteiger partial charge < -0.3 is 15.4 Å². The Labute approximate surface area is 168 Å². The summed E-state index contributed by atoms with van der Waals surface area (Å²) in [6, 6.07) is 0.252. The van der Waals surface area contributed by atoms with E-state index in [1.165, 1.54) is 4.88 Å². The molecule has 8 heteroatoms. The van der Waals surface area contributed by atoms with Crippen LogP contribution >= 0.6 is 22.7 Å². The molecule has 3 rings (SSSR count). The van der Waals surface area contributed by atoms with E-state index in [4.69, 9.17) is 15.5 Å². The van der Waals surface area contributed by atoms with Gasteiger partial charge in [0.05, 0.1) is 17.7 Å². The molecule has 0 spiro atoms. The van der Waals surface area contributed by atoms with Gasteiger partial charge in [-0.3, -0.25) is 4.79 Å². The molecular weight excluding hydrogens is 380 g/mol. The van der Waals surface area contributed by atoms with E-state index in [2.05, 4.69) is 17.3 Å². The summed E-state index contributed by atoms with van der Waals surface area (Å²) < 4.78 is 5.10. The number of hydrogen-bond donors (Lipinski definition) is 1. The molecule has 1 amide bonds. The van der Waals surface area contributed by atoms with Gasteiger partial charge in [-0.15, -0.1) is 22.7 Å². The lowest BCUT2D eigenvalue weighted by atomic mass is 9.81. The van der Waals surface area contributed by atoms with E-state index in [1.54, 1.807) is 29.8 Å². The lowest BCUT2D eigenvalue weighted by Crippen LogP contribution is -2.40. The number of nitrogens with zero attached hydrogens (tertiary/aromatic N) is 3. The molecule has 1 aliphatic carbocycles. The third kappa shape index (κ3) is 4.74. The highest BCUT2D eigenvalue weighted by molar-refractivity contribution is 7.12. The van der Waals surface area contributed by atoms with Crippen molar-refractivity contribution in [3.8, 4) is 11.4 Å². The number of aromatic nitrogens is 2. The molecule has 2 heterocycles. The zero-order valence-electron chi connectivity index (χ0n) is 16.2. The molecule has 2 aromatic rings. The van der Waals surface area contributed by atoms with Crippen molar-refractivity contribution in [3.05, 3.63) is 20.3 Å². The van der Waals surface area contributed by atoms with Crippen LogP contribution in [0.4, 0.5) is 0 Å². The monoisotopic (exact) mass is 408 g/mol. The number of amides is 1. The van der Waals surface area contributed by atoms with E-state index in [1.807, 2.05) is 11.8 Å². The van der Waals surface area contributed by atoms with Crippen LogP contribution in [0, 0.1) is 19.8 Å². The number of hydrogen-bond acceptors (Lipinski definition) is 7. The number of rotatable bonds is 8. The molecule has 1 atom stereocenters. The number of methoxy groups -OCH3 is 1. The van der Waals surface area contributed by atoms with Crippen molar-refractivity contribution < 1.29 is 9.53 Å². The van der Waals surface area contributed by atoms with E-state index in [0.717, 1.165) is 53.5 Å². The molecule has 0 aliphatic heterocycles. The molecular formula is C19H28N4O2S2. The maximum atomic E-state index is 11.3. The van der Waals surface area contributed by atoms with Gasteiger partial charge in [0.1, 0.15) is 16.4 Å². The lowest BCUT2D eigenvalue weighted by Gasteiger charge is -2.36. The van der Waals surface area contributed by atoms with E-state index in [-0.39, 0.29) is 6.04 Å². The Bertz CT molecular complexity index is 753. The molecule has 0 radical (unpaired) electrons. The van der Waals surface area contributed by atoms with Crippen LogP contribution in [0.1, 0.15) is 46.6 Å². The Morgan fingerprint density at radius 1 is 1.33 bits per heavy atom. The fourth-order valence-corrected chi connectivity index (χ4v) is 5.55. The summed E-state index contributed by atoms with van der Waals surface area (Å²) in [5.41, 5.74) is 8.49. The molecule has 1 unspecified atom stereocenters. The normalized spacial score (nSPS) is 21.2. The molecule has 0 bridgehead atoms. The Morgan fingerprint density at radius 2 is 2.07 bits per heavy atom. The van der Waals surface area contributed by atoms with Crippen LogP contribution in [0.2, 0.25) is 0 Å².